The van der Waals surface area contributed by atoms with Gasteiger partial charge in [0, 0.05) is 5.02 Å². The number of aromatic hydroxyl groups is 2. The van der Waals surface area contributed by atoms with E-state index in [1.807, 2.05) is 0 Å². The van der Waals surface area contributed by atoms with E-state index >= 15 is 0 Å². The van der Waals surface area contributed by atoms with Crippen LogP contribution in [0.25, 0.3) is 11.1 Å². The second-order valence-electron chi connectivity index (χ2n) is 3.24. The molecule has 0 amide bonds. The fourth-order valence-electron chi connectivity index (χ4n) is 1.38. The molecule has 0 atom stereocenters. The summed E-state index contributed by atoms with van der Waals surface area (Å²) in [5.74, 6) is -0.492. The van der Waals surface area contributed by atoms with Crippen molar-refractivity contribution in [3.05, 3.63) is 29.3 Å². The number of nitrogens with zero attached hydrogens (tertiary/aromatic N) is 2. The van der Waals surface area contributed by atoms with E-state index in [0.717, 1.165) is 0 Å². The molecule has 2 aromatic rings. The first-order valence-corrected chi connectivity index (χ1v) is 6.32. The van der Waals surface area contributed by atoms with Crippen molar-refractivity contribution >= 4 is 23.4 Å². The Morgan fingerprint density at radius 3 is 2.06 bits per heavy atom. The maximum absolute atomic E-state index is 9.77. The number of hydrogen-bond donors (Lipinski definition) is 2. The Kier molecular flexibility index (Phi) is 3.40. The normalized spacial score (nSPS) is 10.5. The van der Waals surface area contributed by atoms with Crippen molar-refractivity contribution in [1.29, 1.82) is 0 Å². The third kappa shape index (κ3) is 2.45. The van der Waals surface area contributed by atoms with E-state index in [0.29, 0.717) is 15.7 Å². The number of rotatable bonds is 2. The van der Waals surface area contributed by atoms with Gasteiger partial charge in [-0.15, -0.1) is 0 Å². The van der Waals surface area contributed by atoms with Crippen LogP contribution in [0.15, 0.2) is 29.4 Å². The van der Waals surface area contributed by atoms with Crippen molar-refractivity contribution < 1.29 is 10.2 Å². The fourth-order valence-corrected chi connectivity index (χ4v) is 1.87. The number of hydrogen-bond acceptors (Lipinski definition) is 5. The molecule has 17 heavy (non-hydrogen) atoms. The third-order valence-electron chi connectivity index (χ3n) is 2.17. The Hall–Kier alpha value is -1.46. The summed E-state index contributed by atoms with van der Waals surface area (Å²) < 4.78 is 0. The number of thioether (sulfide) groups is 1. The van der Waals surface area contributed by atoms with Gasteiger partial charge in [-0.2, -0.15) is 9.97 Å². The zero-order valence-electron chi connectivity index (χ0n) is 8.88. The van der Waals surface area contributed by atoms with Crippen molar-refractivity contribution in [2.45, 2.75) is 5.16 Å². The predicted octanol–water partition coefficient (Wildman–Crippen LogP) is 2.93. The molecule has 1 heterocycles. The summed E-state index contributed by atoms with van der Waals surface area (Å²) in [7, 11) is 0. The van der Waals surface area contributed by atoms with Crippen LogP contribution in [0.1, 0.15) is 0 Å². The summed E-state index contributed by atoms with van der Waals surface area (Å²) in [6.45, 7) is 0. The highest BCUT2D eigenvalue weighted by molar-refractivity contribution is 7.98. The fraction of sp³-hybridized carbons (Fsp3) is 0.0909. The van der Waals surface area contributed by atoms with Gasteiger partial charge in [0.1, 0.15) is 5.56 Å². The van der Waals surface area contributed by atoms with Gasteiger partial charge in [-0.05, 0) is 24.0 Å². The van der Waals surface area contributed by atoms with Crippen molar-refractivity contribution in [2.24, 2.45) is 0 Å². The van der Waals surface area contributed by atoms with Crippen LogP contribution >= 0.6 is 23.4 Å². The van der Waals surface area contributed by atoms with E-state index in [1.165, 1.54) is 11.8 Å². The minimum Gasteiger partial charge on any atom is -0.493 e. The van der Waals surface area contributed by atoms with Gasteiger partial charge in [-0.1, -0.05) is 35.5 Å². The zero-order valence-corrected chi connectivity index (χ0v) is 10.5. The van der Waals surface area contributed by atoms with Crippen LogP contribution in [0.5, 0.6) is 11.8 Å². The Morgan fingerprint density at radius 2 is 1.59 bits per heavy atom. The topological polar surface area (TPSA) is 66.2 Å². The van der Waals surface area contributed by atoms with Crippen LogP contribution in [0.3, 0.4) is 0 Å². The minimum absolute atomic E-state index is 0.208. The van der Waals surface area contributed by atoms with Crippen LogP contribution < -0.4 is 0 Å². The van der Waals surface area contributed by atoms with Gasteiger partial charge >= 0.3 is 0 Å². The molecular weight excluding hydrogens is 260 g/mol. The summed E-state index contributed by atoms with van der Waals surface area (Å²) in [6.07, 6.45) is 1.76. The van der Waals surface area contributed by atoms with Crippen molar-refractivity contribution in [3.8, 4) is 22.9 Å². The smallest absolute Gasteiger partial charge is 0.226 e. The first kappa shape index (κ1) is 12.0. The first-order valence-electron chi connectivity index (χ1n) is 4.71. The maximum atomic E-state index is 9.77. The van der Waals surface area contributed by atoms with E-state index in [1.54, 1.807) is 30.5 Å². The highest BCUT2D eigenvalue weighted by Crippen LogP contribution is 2.36. The van der Waals surface area contributed by atoms with Crippen LogP contribution in [-0.2, 0) is 0 Å². The van der Waals surface area contributed by atoms with Crippen LogP contribution in [0.4, 0.5) is 0 Å². The molecule has 88 valence electrons. The van der Waals surface area contributed by atoms with E-state index in [9.17, 15) is 10.2 Å². The van der Waals surface area contributed by atoms with E-state index < -0.39 is 0 Å². The molecular formula is C11H9ClN2O2S. The molecule has 0 aliphatic rings. The molecule has 0 saturated heterocycles. The monoisotopic (exact) mass is 268 g/mol. The van der Waals surface area contributed by atoms with Gasteiger partial charge in [0.15, 0.2) is 5.16 Å². The van der Waals surface area contributed by atoms with Crippen molar-refractivity contribution in [2.75, 3.05) is 6.26 Å². The Morgan fingerprint density at radius 1 is 1.06 bits per heavy atom. The lowest BCUT2D eigenvalue weighted by molar-refractivity contribution is 0.415. The number of halogens is 1. The molecule has 6 heteroatoms. The summed E-state index contributed by atoms with van der Waals surface area (Å²) in [6, 6.07) is 6.69. The van der Waals surface area contributed by atoms with Crippen molar-refractivity contribution in [3.63, 3.8) is 0 Å². The van der Waals surface area contributed by atoms with Gasteiger partial charge in [0.05, 0.1) is 0 Å². The molecule has 0 unspecified atom stereocenters. The second-order valence-corrected chi connectivity index (χ2v) is 4.45. The van der Waals surface area contributed by atoms with Crippen molar-refractivity contribution in [1.82, 2.24) is 9.97 Å². The lowest BCUT2D eigenvalue weighted by Crippen LogP contribution is -1.91. The molecule has 0 saturated carbocycles. The molecule has 0 aliphatic heterocycles. The summed E-state index contributed by atoms with van der Waals surface area (Å²) >= 11 is 7.01. The minimum atomic E-state index is -0.246. The van der Waals surface area contributed by atoms with Gasteiger partial charge < -0.3 is 10.2 Å². The zero-order chi connectivity index (χ0) is 12.4. The third-order valence-corrected chi connectivity index (χ3v) is 2.97. The summed E-state index contributed by atoms with van der Waals surface area (Å²) in [5.41, 5.74) is 0.816. The van der Waals surface area contributed by atoms with Crippen LogP contribution in [-0.4, -0.2) is 26.4 Å². The van der Waals surface area contributed by atoms with E-state index in [2.05, 4.69) is 9.97 Å². The lowest BCUT2D eigenvalue weighted by Gasteiger charge is -2.07. The summed E-state index contributed by atoms with van der Waals surface area (Å²) in [5, 5.41) is 20.4. The van der Waals surface area contributed by atoms with Crippen LogP contribution in [0, 0.1) is 0 Å². The first-order chi connectivity index (χ1) is 8.11. The lowest BCUT2D eigenvalue weighted by atomic mass is 10.1. The molecule has 2 rings (SSSR count). The largest absolute Gasteiger partial charge is 0.493 e. The molecule has 0 aliphatic carbocycles. The highest BCUT2D eigenvalue weighted by Gasteiger charge is 2.14. The van der Waals surface area contributed by atoms with Crippen LogP contribution in [0.2, 0.25) is 5.02 Å². The standard InChI is InChI=1S/C11H9ClN2O2S/c1-17-11-13-9(15)8(10(16)14-11)6-2-4-7(12)5-3-6/h2-5H,1H3,(H2,13,14,15,16). The Labute approximate surface area is 107 Å². The molecule has 1 aromatic carbocycles. The maximum Gasteiger partial charge on any atom is 0.226 e. The highest BCUT2D eigenvalue weighted by atomic mass is 35.5. The predicted molar refractivity (Wildman–Crippen MR) is 67.6 cm³/mol. The average Bonchev–Trinajstić information content (AvgIpc) is 2.30. The molecule has 1 aromatic heterocycles. The molecule has 0 spiro atoms. The molecule has 0 bridgehead atoms. The SMILES string of the molecule is CSc1nc(O)c(-c2ccc(Cl)cc2)c(O)n1. The van der Waals surface area contributed by atoms with E-state index in [-0.39, 0.29) is 17.3 Å². The average molecular weight is 269 g/mol. The Balaban J connectivity index is 2.55. The van der Waals surface area contributed by atoms with Gasteiger partial charge in [0.25, 0.3) is 0 Å². The van der Waals surface area contributed by atoms with Gasteiger partial charge in [-0.25, -0.2) is 0 Å². The van der Waals surface area contributed by atoms with E-state index in [4.69, 9.17) is 11.6 Å². The molecule has 4 nitrogen and oxygen atoms in total. The molecule has 0 radical (unpaired) electrons. The molecule has 2 N–H and O–H groups in total. The quantitative estimate of drug-likeness (QED) is 0.648. The van der Waals surface area contributed by atoms with Gasteiger partial charge in [0.2, 0.25) is 11.8 Å². The number of benzene rings is 1. The molecule has 0 fully saturated rings. The second kappa shape index (κ2) is 4.81. The Bertz CT molecular complexity index is 523. The summed E-state index contributed by atoms with van der Waals surface area (Å²) in [4.78, 5) is 7.73. The number of aromatic nitrogens is 2. The van der Waals surface area contributed by atoms with Gasteiger partial charge in [-0.3, -0.25) is 0 Å².